The fourth-order valence-electron chi connectivity index (χ4n) is 2.25. The van der Waals surface area contributed by atoms with Crippen molar-refractivity contribution in [3.8, 4) is 5.75 Å². The quantitative estimate of drug-likeness (QED) is 0.726. The summed E-state index contributed by atoms with van der Waals surface area (Å²) in [5, 5.41) is 0.674. The summed E-state index contributed by atoms with van der Waals surface area (Å²) in [6, 6.07) is 15.1. The zero-order valence-corrected chi connectivity index (χ0v) is 13.3. The smallest absolute Gasteiger partial charge is 0.148 e. The Bertz CT molecular complexity index is 814. The van der Waals surface area contributed by atoms with Gasteiger partial charge in [-0.25, -0.2) is 4.98 Å². The average molecular weight is 332 g/mol. The van der Waals surface area contributed by atoms with Crippen molar-refractivity contribution in [3.63, 3.8) is 0 Å². The number of rotatable bonds is 5. The highest BCUT2D eigenvalue weighted by atomic mass is 35.5. The maximum Gasteiger partial charge on any atom is 0.148 e. The number of imidazole rings is 1. The van der Waals surface area contributed by atoms with Crippen LogP contribution in [-0.2, 0) is 13.2 Å². The molecule has 0 saturated heterocycles. The number of ether oxygens (including phenoxy) is 1. The van der Waals surface area contributed by atoms with Gasteiger partial charge in [0.05, 0.1) is 22.6 Å². The highest BCUT2D eigenvalue weighted by Crippen LogP contribution is 2.19. The topological polar surface area (TPSA) is 53.1 Å². The van der Waals surface area contributed by atoms with Crippen LogP contribution in [0, 0.1) is 0 Å². The molecule has 0 saturated carbocycles. The largest absolute Gasteiger partial charge is 0.486 e. The number of aromatic nitrogens is 2. The van der Waals surface area contributed by atoms with E-state index in [1.165, 1.54) is 0 Å². The zero-order valence-electron chi connectivity index (χ0n) is 11.7. The maximum atomic E-state index is 5.86. The van der Waals surface area contributed by atoms with Gasteiger partial charge in [-0.3, -0.25) is 0 Å². The number of para-hydroxylation sites is 2. The molecule has 0 aliphatic rings. The molecule has 0 atom stereocenters. The third kappa shape index (κ3) is 3.21. The van der Waals surface area contributed by atoms with Gasteiger partial charge in [-0.15, -0.1) is 0 Å². The Morgan fingerprint density at radius 2 is 1.91 bits per heavy atom. The molecular formula is C16H14ClN3OS. The van der Waals surface area contributed by atoms with Gasteiger partial charge >= 0.3 is 0 Å². The molecule has 1 aromatic heterocycles. The van der Waals surface area contributed by atoms with Gasteiger partial charge in [0.2, 0.25) is 0 Å². The van der Waals surface area contributed by atoms with Crippen LogP contribution in [0.5, 0.6) is 5.75 Å². The van der Waals surface area contributed by atoms with Crippen LogP contribution < -0.4 is 10.5 Å². The predicted molar refractivity (Wildman–Crippen MR) is 92.3 cm³/mol. The van der Waals surface area contributed by atoms with Crippen molar-refractivity contribution >= 4 is 39.8 Å². The van der Waals surface area contributed by atoms with Crippen LogP contribution in [0.15, 0.2) is 48.5 Å². The van der Waals surface area contributed by atoms with E-state index in [0.717, 1.165) is 22.6 Å². The lowest BCUT2D eigenvalue weighted by Crippen LogP contribution is -2.19. The van der Waals surface area contributed by atoms with Crippen molar-refractivity contribution in [2.24, 2.45) is 5.73 Å². The molecule has 0 unspecified atom stereocenters. The summed E-state index contributed by atoms with van der Waals surface area (Å²) < 4.78 is 7.75. The lowest BCUT2D eigenvalue weighted by atomic mass is 10.3. The zero-order chi connectivity index (χ0) is 15.5. The second-order valence-electron chi connectivity index (χ2n) is 4.81. The van der Waals surface area contributed by atoms with Gasteiger partial charge in [0, 0.05) is 5.02 Å². The Morgan fingerprint density at radius 3 is 2.64 bits per heavy atom. The van der Waals surface area contributed by atoms with Gasteiger partial charge in [0.25, 0.3) is 0 Å². The summed E-state index contributed by atoms with van der Waals surface area (Å²) in [5.41, 5.74) is 7.58. The molecule has 0 aliphatic heterocycles. The summed E-state index contributed by atoms with van der Waals surface area (Å²) in [6.45, 7) is 0.772. The fraction of sp³-hybridized carbons (Fsp3) is 0.125. The van der Waals surface area contributed by atoms with E-state index in [0.29, 0.717) is 23.2 Å². The highest BCUT2D eigenvalue weighted by molar-refractivity contribution is 7.80. The first-order valence-corrected chi connectivity index (χ1v) is 7.53. The van der Waals surface area contributed by atoms with E-state index in [2.05, 4.69) is 4.98 Å². The molecule has 22 heavy (non-hydrogen) atoms. The van der Waals surface area contributed by atoms with E-state index in [4.69, 9.17) is 34.3 Å². The standard InChI is InChI=1S/C16H14ClN3OS/c17-11-5-7-12(8-6-11)21-10-16-19-13-3-1-2-4-14(13)20(16)9-15(18)22/h1-8H,9-10H2,(H2,18,22). The van der Waals surface area contributed by atoms with Crippen molar-refractivity contribution in [2.45, 2.75) is 13.2 Å². The summed E-state index contributed by atoms with van der Waals surface area (Å²) in [7, 11) is 0. The first-order chi connectivity index (χ1) is 10.6. The molecule has 0 aliphatic carbocycles. The van der Waals surface area contributed by atoms with Gasteiger partial charge in [0.1, 0.15) is 18.2 Å². The molecule has 1 heterocycles. The van der Waals surface area contributed by atoms with Crippen LogP contribution in [0.25, 0.3) is 11.0 Å². The molecule has 0 spiro atoms. The molecule has 2 N–H and O–H groups in total. The Morgan fingerprint density at radius 1 is 1.18 bits per heavy atom. The van der Waals surface area contributed by atoms with Gasteiger partial charge in [-0.05, 0) is 36.4 Å². The first kappa shape index (κ1) is 14.8. The molecule has 0 radical (unpaired) electrons. The number of halogens is 1. The van der Waals surface area contributed by atoms with Crippen LogP contribution in [0.4, 0.5) is 0 Å². The van der Waals surface area contributed by atoms with Gasteiger partial charge in [-0.1, -0.05) is 36.0 Å². The predicted octanol–water partition coefficient (Wildman–Crippen LogP) is 3.55. The average Bonchev–Trinajstić information content (AvgIpc) is 2.84. The van der Waals surface area contributed by atoms with E-state index in [9.17, 15) is 0 Å². The van der Waals surface area contributed by atoms with Crippen LogP contribution in [-0.4, -0.2) is 14.5 Å². The SMILES string of the molecule is NC(=S)Cn1c(COc2ccc(Cl)cc2)nc2ccccc21. The Hall–Kier alpha value is -2.11. The molecule has 3 aromatic rings. The number of hydrogen-bond acceptors (Lipinski definition) is 3. The number of nitrogens with two attached hydrogens (primary N) is 1. The molecule has 0 amide bonds. The Balaban J connectivity index is 1.88. The molecule has 0 fully saturated rings. The monoisotopic (exact) mass is 331 g/mol. The Kier molecular flexibility index (Phi) is 4.27. The summed E-state index contributed by atoms with van der Waals surface area (Å²) in [6.07, 6.45) is 0. The minimum atomic E-state index is 0.332. The number of fused-ring (bicyclic) bond motifs is 1. The third-order valence-electron chi connectivity index (χ3n) is 3.23. The fourth-order valence-corrected chi connectivity index (χ4v) is 2.50. The van der Waals surface area contributed by atoms with E-state index < -0.39 is 0 Å². The van der Waals surface area contributed by atoms with E-state index in [1.54, 1.807) is 12.1 Å². The lowest BCUT2D eigenvalue weighted by molar-refractivity contribution is 0.292. The number of benzene rings is 2. The molecule has 4 nitrogen and oxygen atoms in total. The van der Waals surface area contributed by atoms with Gasteiger partial charge in [0.15, 0.2) is 0 Å². The maximum absolute atomic E-state index is 5.86. The summed E-state index contributed by atoms with van der Waals surface area (Å²) >= 11 is 10.9. The Labute approximate surface area is 138 Å². The van der Waals surface area contributed by atoms with Gasteiger partial charge < -0.3 is 15.0 Å². The van der Waals surface area contributed by atoms with Crippen molar-refractivity contribution < 1.29 is 4.74 Å². The number of hydrogen-bond donors (Lipinski definition) is 1. The molecule has 2 aromatic carbocycles. The number of thiocarbonyl (C=S) groups is 1. The van der Waals surface area contributed by atoms with Crippen molar-refractivity contribution in [1.82, 2.24) is 9.55 Å². The molecule has 0 bridgehead atoms. The first-order valence-electron chi connectivity index (χ1n) is 6.74. The third-order valence-corrected chi connectivity index (χ3v) is 3.61. The number of nitrogens with zero attached hydrogens (tertiary/aromatic N) is 2. The van der Waals surface area contributed by atoms with E-state index >= 15 is 0 Å². The normalized spacial score (nSPS) is 10.8. The molecular weight excluding hydrogens is 318 g/mol. The second-order valence-corrected chi connectivity index (χ2v) is 5.77. The van der Waals surface area contributed by atoms with Crippen molar-refractivity contribution in [2.75, 3.05) is 0 Å². The molecule has 6 heteroatoms. The minimum Gasteiger partial charge on any atom is -0.486 e. The summed E-state index contributed by atoms with van der Waals surface area (Å²) in [4.78, 5) is 5.01. The van der Waals surface area contributed by atoms with Crippen LogP contribution >= 0.6 is 23.8 Å². The van der Waals surface area contributed by atoms with Crippen LogP contribution in [0.1, 0.15) is 5.82 Å². The van der Waals surface area contributed by atoms with E-state index in [1.807, 2.05) is 41.0 Å². The van der Waals surface area contributed by atoms with Crippen molar-refractivity contribution in [3.05, 3.63) is 59.4 Å². The highest BCUT2D eigenvalue weighted by Gasteiger charge is 2.11. The van der Waals surface area contributed by atoms with Crippen LogP contribution in [0.3, 0.4) is 0 Å². The molecule has 3 rings (SSSR count). The second kappa shape index (κ2) is 6.34. The van der Waals surface area contributed by atoms with E-state index in [-0.39, 0.29) is 0 Å². The molecule has 112 valence electrons. The van der Waals surface area contributed by atoms with Gasteiger partial charge in [-0.2, -0.15) is 0 Å². The minimum absolute atomic E-state index is 0.332. The summed E-state index contributed by atoms with van der Waals surface area (Å²) in [5.74, 6) is 1.52. The van der Waals surface area contributed by atoms with Crippen LogP contribution in [0.2, 0.25) is 5.02 Å². The van der Waals surface area contributed by atoms with Crippen molar-refractivity contribution in [1.29, 1.82) is 0 Å². The lowest BCUT2D eigenvalue weighted by Gasteiger charge is -2.09.